The van der Waals surface area contributed by atoms with E-state index in [1.54, 1.807) is 0 Å². The highest BCUT2D eigenvalue weighted by Crippen LogP contribution is 2.53. The van der Waals surface area contributed by atoms with Gasteiger partial charge in [0.2, 0.25) is 0 Å². The minimum Gasteiger partial charge on any atom is -0.456 e. The smallest absolute Gasteiger partial charge is 0.136 e. The van der Waals surface area contributed by atoms with Gasteiger partial charge in [0.05, 0.1) is 0 Å². The molecule has 2 heteroatoms. The van der Waals surface area contributed by atoms with Crippen LogP contribution in [0.25, 0.3) is 77.3 Å². The Bertz CT molecular complexity index is 2370. The highest BCUT2D eigenvalue weighted by molar-refractivity contribution is 6.27. The van der Waals surface area contributed by atoms with Crippen molar-refractivity contribution in [2.45, 2.75) is 73.1 Å². The highest BCUT2D eigenvalue weighted by atomic mass is 16.3. The van der Waals surface area contributed by atoms with E-state index in [1.807, 2.05) is 0 Å². The molecule has 45 heavy (non-hydrogen) atoms. The van der Waals surface area contributed by atoms with Gasteiger partial charge in [0.15, 0.2) is 0 Å². The molecular weight excluding hydrogens is 548 g/mol. The van der Waals surface area contributed by atoms with Crippen LogP contribution in [0.15, 0.2) is 87.7 Å². The quantitative estimate of drug-likeness (QED) is 0.148. The zero-order valence-electron chi connectivity index (χ0n) is 27.8. The molecule has 0 N–H and O–H groups in total. The maximum atomic E-state index is 7.05. The molecule has 0 saturated heterocycles. The summed E-state index contributed by atoms with van der Waals surface area (Å²) < 4.78 is 14.1. The molecule has 2 nitrogen and oxygen atoms in total. The number of hydrogen-bond acceptors (Lipinski definition) is 2. The van der Waals surface area contributed by atoms with Crippen LogP contribution in [-0.4, -0.2) is 0 Å². The Morgan fingerprint density at radius 1 is 0.422 bits per heavy atom. The Labute approximate surface area is 265 Å². The van der Waals surface area contributed by atoms with Gasteiger partial charge in [-0.05, 0) is 112 Å². The SMILES string of the molecule is Cc1ccc(-c2cc3oc4cc(C(C)(C)C)cc5c(-c6cc(C)cc(C)c6)cc6oc7cc(C(C)(C)C)cc2c7c3-c6c45)cc1. The predicted molar refractivity (Wildman–Crippen MR) is 191 cm³/mol. The fraction of sp³-hybridized carbons (Fsp3) is 0.256. The molecule has 2 heterocycles. The third-order valence-corrected chi connectivity index (χ3v) is 9.65. The molecule has 6 aromatic carbocycles. The monoisotopic (exact) mass is 588 g/mol. The summed E-state index contributed by atoms with van der Waals surface area (Å²) in [6, 6.07) is 29.5. The highest BCUT2D eigenvalue weighted by Gasteiger charge is 2.30. The van der Waals surface area contributed by atoms with Crippen molar-refractivity contribution in [2.24, 2.45) is 0 Å². The fourth-order valence-corrected chi connectivity index (χ4v) is 7.24. The van der Waals surface area contributed by atoms with Gasteiger partial charge in [0, 0.05) is 21.9 Å². The normalized spacial score (nSPS) is 13.0. The first-order valence-corrected chi connectivity index (χ1v) is 16.1. The molecule has 0 amide bonds. The number of hydrogen-bond donors (Lipinski definition) is 0. The van der Waals surface area contributed by atoms with Crippen molar-refractivity contribution in [1.82, 2.24) is 0 Å². The summed E-state index contributed by atoms with van der Waals surface area (Å²) in [4.78, 5) is 0. The lowest BCUT2D eigenvalue weighted by molar-refractivity contribution is 0.586. The standard InChI is InChI=1S/C43H40O2/c1-23-10-12-26(13-11-23)30-21-36-40-38-32(30)17-28(42(4,5)6)19-34(38)45-37-22-31(27-15-24(2)14-25(3)16-27)33-18-29(43(7,8)9)20-35(44-36)39(33)41(37)40/h10-22H,1-9H3. The van der Waals surface area contributed by atoms with Crippen molar-refractivity contribution in [2.75, 3.05) is 0 Å². The molecule has 0 aromatic heterocycles. The summed E-state index contributed by atoms with van der Waals surface area (Å²) in [5, 5.41) is 4.68. The van der Waals surface area contributed by atoms with Gasteiger partial charge in [0.25, 0.3) is 0 Å². The van der Waals surface area contributed by atoms with E-state index < -0.39 is 0 Å². The van der Waals surface area contributed by atoms with Crippen molar-refractivity contribution in [3.05, 3.63) is 107 Å². The molecule has 0 unspecified atom stereocenters. The summed E-state index contributed by atoms with van der Waals surface area (Å²) >= 11 is 0. The first-order valence-electron chi connectivity index (χ1n) is 16.1. The molecule has 0 fully saturated rings. The molecular formula is C43H40O2. The van der Waals surface area contributed by atoms with E-state index in [2.05, 4.69) is 141 Å². The fourth-order valence-electron chi connectivity index (χ4n) is 7.24. The van der Waals surface area contributed by atoms with E-state index >= 15 is 0 Å². The van der Waals surface area contributed by atoms with E-state index in [1.165, 1.54) is 60.8 Å². The summed E-state index contributed by atoms with van der Waals surface area (Å²) in [5.41, 5.74) is 16.8. The first-order chi connectivity index (χ1) is 21.3. The Hall–Kier alpha value is -4.56. The maximum absolute atomic E-state index is 7.05. The molecule has 0 spiro atoms. The van der Waals surface area contributed by atoms with Gasteiger partial charge in [-0.1, -0.05) is 101 Å². The van der Waals surface area contributed by atoms with Crippen LogP contribution in [0.5, 0.6) is 0 Å². The lowest BCUT2D eigenvalue weighted by Crippen LogP contribution is -2.12. The summed E-state index contributed by atoms with van der Waals surface area (Å²) in [7, 11) is 0. The van der Waals surface area contributed by atoms with Gasteiger partial charge in [-0.15, -0.1) is 0 Å². The van der Waals surface area contributed by atoms with E-state index in [0.717, 1.165) is 44.2 Å². The first kappa shape index (κ1) is 28.0. The molecule has 2 aliphatic rings. The average Bonchev–Trinajstić information content (AvgIpc) is 2.96. The van der Waals surface area contributed by atoms with Crippen molar-refractivity contribution in [1.29, 1.82) is 0 Å². The number of rotatable bonds is 2. The lowest BCUT2D eigenvalue weighted by Gasteiger charge is -2.27. The van der Waals surface area contributed by atoms with Crippen LogP contribution < -0.4 is 0 Å². The van der Waals surface area contributed by atoms with Crippen molar-refractivity contribution >= 4 is 43.9 Å². The zero-order valence-corrected chi connectivity index (χ0v) is 27.8. The number of benzene rings is 6. The predicted octanol–water partition coefficient (Wildman–Crippen LogP) is 12.9. The second-order valence-corrected chi connectivity index (χ2v) is 15.3. The topological polar surface area (TPSA) is 26.3 Å². The molecule has 0 radical (unpaired) electrons. The lowest BCUT2D eigenvalue weighted by atomic mass is 9.80. The van der Waals surface area contributed by atoms with E-state index in [-0.39, 0.29) is 10.8 Å². The van der Waals surface area contributed by atoms with Gasteiger partial charge in [0.1, 0.15) is 22.3 Å². The van der Waals surface area contributed by atoms with Crippen molar-refractivity contribution < 1.29 is 8.83 Å². The third-order valence-electron chi connectivity index (χ3n) is 9.65. The van der Waals surface area contributed by atoms with Gasteiger partial charge >= 0.3 is 0 Å². The Balaban J connectivity index is 1.61. The minimum absolute atomic E-state index is 0.0462. The van der Waals surface area contributed by atoms with Gasteiger partial charge < -0.3 is 8.83 Å². The molecule has 0 aliphatic carbocycles. The van der Waals surface area contributed by atoms with Crippen molar-refractivity contribution in [3.63, 3.8) is 0 Å². The van der Waals surface area contributed by atoms with Crippen LogP contribution >= 0.6 is 0 Å². The molecule has 224 valence electrons. The van der Waals surface area contributed by atoms with E-state index in [0.29, 0.717) is 0 Å². The second kappa shape index (κ2) is 9.23. The van der Waals surface area contributed by atoms with Crippen LogP contribution in [0.3, 0.4) is 0 Å². The Morgan fingerprint density at radius 2 is 0.867 bits per heavy atom. The largest absolute Gasteiger partial charge is 0.456 e. The van der Waals surface area contributed by atoms with Crippen molar-refractivity contribution in [3.8, 4) is 33.4 Å². The molecule has 2 aliphatic heterocycles. The summed E-state index contributed by atoms with van der Waals surface area (Å²) in [6.07, 6.45) is 0. The molecule has 8 rings (SSSR count). The van der Waals surface area contributed by atoms with E-state index in [9.17, 15) is 0 Å². The Kier molecular flexibility index (Phi) is 5.74. The molecule has 0 atom stereocenters. The van der Waals surface area contributed by atoms with Crippen LogP contribution in [0, 0.1) is 20.8 Å². The summed E-state index contributed by atoms with van der Waals surface area (Å²) in [5.74, 6) is 0. The van der Waals surface area contributed by atoms with Gasteiger partial charge in [-0.25, -0.2) is 0 Å². The number of aryl methyl sites for hydroxylation is 3. The second-order valence-electron chi connectivity index (χ2n) is 15.3. The van der Waals surface area contributed by atoms with Crippen LogP contribution in [-0.2, 0) is 10.8 Å². The Morgan fingerprint density at radius 3 is 1.31 bits per heavy atom. The minimum atomic E-state index is -0.0481. The molecule has 6 aromatic rings. The molecule has 0 bridgehead atoms. The van der Waals surface area contributed by atoms with Crippen LogP contribution in [0.4, 0.5) is 0 Å². The van der Waals surface area contributed by atoms with Crippen LogP contribution in [0.2, 0.25) is 0 Å². The van der Waals surface area contributed by atoms with Gasteiger partial charge in [-0.2, -0.15) is 0 Å². The summed E-state index contributed by atoms with van der Waals surface area (Å²) in [6.45, 7) is 20.1. The maximum Gasteiger partial charge on any atom is 0.136 e. The van der Waals surface area contributed by atoms with Crippen LogP contribution in [0.1, 0.15) is 69.4 Å². The van der Waals surface area contributed by atoms with E-state index in [4.69, 9.17) is 8.83 Å². The molecule has 0 saturated carbocycles. The third kappa shape index (κ3) is 4.30. The zero-order chi connectivity index (χ0) is 31.6. The van der Waals surface area contributed by atoms with Gasteiger partial charge in [-0.3, -0.25) is 0 Å². The average molecular weight is 589 g/mol.